The van der Waals surface area contributed by atoms with Gasteiger partial charge in [0.2, 0.25) is 0 Å². The summed E-state index contributed by atoms with van der Waals surface area (Å²) >= 11 is 0. The van der Waals surface area contributed by atoms with E-state index in [1.54, 1.807) is 23.1 Å². The minimum absolute atomic E-state index is 0.132. The van der Waals surface area contributed by atoms with Crippen molar-refractivity contribution < 1.29 is 18.4 Å². The van der Waals surface area contributed by atoms with Crippen molar-refractivity contribution in [1.29, 1.82) is 0 Å². The molecule has 0 radical (unpaired) electrons. The molecule has 6 nitrogen and oxygen atoms in total. The van der Waals surface area contributed by atoms with E-state index < -0.39 is 0 Å². The molecule has 0 aliphatic carbocycles. The van der Waals surface area contributed by atoms with Crippen LogP contribution in [-0.4, -0.2) is 40.6 Å². The zero-order valence-corrected chi connectivity index (χ0v) is 14.3. The summed E-state index contributed by atoms with van der Waals surface area (Å²) < 4.78 is 24.4. The van der Waals surface area contributed by atoms with Crippen LogP contribution >= 0.6 is 0 Å². The molecule has 0 bridgehead atoms. The van der Waals surface area contributed by atoms with E-state index in [-0.39, 0.29) is 17.8 Å². The van der Waals surface area contributed by atoms with Crippen molar-refractivity contribution >= 4 is 17.0 Å². The van der Waals surface area contributed by atoms with Crippen LogP contribution in [0.3, 0.4) is 0 Å². The summed E-state index contributed by atoms with van der Waals surface area (Å²) in [5.41, 5.74) is 2.42. The third-order valence-corrected chi connectivity index (χ3v) is 4.56. The minimum Gasteiger partial charge on any atom is -0.370 e. The average molecular weight is 355 g/mol. The predicted molar refractivity (Wildman–Crippen MR) is 92.2 cm³/mol. The average Bonchev–Trinajstić information content (AvgIpc) is 3.10. The molecule has 1 aromatic carbocycles. The van der Waals surface area contributed by atoms with Gasteiger partial charge in [0.15, 0.2) is 0 Å². The van der Waals surface area contributed by atoms with E-state index in [0.717, 1.165) is 16.6 Å². The molecule has 1 saturated heterocycles. The molecule has 134 valence electrons. The zero-order chi connectivity index (χ0) is 18.1. The molecule has 1 atom stereocenters. The third kappa shape index (κ3) is 3.06. The lowest BCUT2D eigenvalue weighted by atomic mass is 10.1. The second kappa shape index (κ2) is 6.84. The molecule has 1 amide bonds. The summed E-state index contributed by atoms with van der Waals surface area (Å²) in [5.74, 6) is -0.448. The Labute approximate surface area is 149 Å². The van der Waals surface area contributed by atoms with Crippen LogP contribution in [0.25, 0.3) is 11.1 Å². The Hall–Kier alpha value is -2.80. The Kier molecular flexibility index (Phi) is 4.38. The monoisotopic (exact) mass is 355 g/mol. The van der Waals surface area contributed by atoms with E-state index in [0.29, 0.717) is 37.4 Å². The number of nitrogens with zero attached hydrogens (tertiary/aromatic N) is 3. The van der Waals surface area contributed by atoms with E-state index in [4.69, 9.17) is 9.26 Å². The van der Waals surface area contributed by atoms with Crippen molar-refractivity contribution in [3.8, 4) is 0 Å². The number of aromatic nitrogens is 2. The first-order chi connectivity index (χ1) is 12.7. The van der Waals surface area contributed by atoms with Gasteiger partial charge in [0.1, 0.15) is 11.9 Å². The molecule has 7 heteroatoms. The number of aryl methyl sites for hydroxylation is 1. The number of ether oxygens (including phenoxy) is 1. The lowest BCUT2D eigenvalue weighted by molar-refractivity contribution is -0.0229. The van der Waals surface area contributed by atoms with Gasteiger partial charge in [-0.1, -0.05) is 24.2 Å². The van der Waals surface area contributed by atoms with Gasteiger partial charge in [0, 0.05) is 12.7 Å². The number of carbonyl (C=O) groups is 1. The summed E-state index contributed by atoms with van der Waals surface area (Å²) in [7, 11) is 0. The molecule has 1 fully saturated rings. The first-order valence-corrected chi connectivity index (χ1v) is 8.56. The number of morpholine rings is 1. The van der Waals surface area contributed by atoms with E-state index >= 15 is 0 Å². The third-order valence-electron chi connectivity index (χ3n) is 4.56. The van der Waals surface area contributed by atoms with Crippen LogP contribution in [0.2, 0.25) is 0 Å². The number of rotatable bonds is 3. The maximum Gasteiger partial charge on any atom is 0.257 e. The molecule has 1 aliphatic heterocycles. The number of amides is 1. The van der Waals surface area contributed by atoms with Gasteiger partial charge in [-0.25, -0.2) is 9.37 Å². The molecule has 4 rings (SSSR count). The lowest BCUT2D eigenvalue weighted by Gasteiger charge is -2.33. The highest BCUT2D eigenvalue weighted by Crippen LogP contribution is 2.25. The number of hydrogen-bond donors (Lipinski definition) is 0. The molecule has 3 heterocycles. The topological polar surface area (TPSA) is 68.5 Å². The van der Waals surface area contributed by atoms with E-state index in [1.807, 2.05) is 6.92 Å². The quantitative estimate of drug-likeness (QED) is 0.722. The van der Waals surface area contributed by atoms with Crippen molar-refractivity contribution in [2.45, 2.75) is 19.4 Å². The number of halogens is 1. The maximum atomic E-state index is 13.5. The second-order valence-corrected chi connectivity index (χ2v) is 6.23. The van der Waals surface area contributed by atoms with Crippen LogP contribution in [0.5, 0.6) is 0 Å². The highest BCUT2D eigenvalue weighted by molar-refractivity contribution is 5.97. The van der Waals surface area contributed by atoms with Gasteiger partial charge in [-0.3, -0.25) is 4.79 Å². The highest BCUT2D eigenvalue weighted by atomic mass is 19.1. The first kappa shape index (κ1) is 16.7. The Morgan fingerprint density at radius 2 is 2.27 bits per heavy atom. The van der Waals surface area contributed by atoms with Gasteiger partial charge in [-0.15, -0.1) is 0 Å². The molecule has 2 aromatic heterocycles. The number of pyridine rings is 1. The van der Waals surface area contributed by atoms with Crippen molar-refractivity contribution in [3.05, 3.63) is 59.2 Å². The Balaban J connectivity index is 1.57. The van der Waals surface area contributed by atoms with Gasteiger partial charge in [0.05, 0.1) is 29.8 Å². The van der Waals surface area contributed by atoms with Crippen molar-refractivity contribution in [3.63, 3.8) is 0 Å². The first-order valence-electron chi connectivity index (χ1n) is 8.56. The largest absolute Gasteiger partial charge is 0.370 e. The van der Waals surface area contributed by atoms with E-state index in [9.17, 15) is 9.18 Å². The maximum absolute atomic E-state index is 13.5. The van der Waals surface area contributed by atoms with Gasteiger partial charge < -0.3 is 14.2 Å². The lowest BCUT2D eigenvalue weighted by Crippen LogP contribution is -2.42. The zero-order valence-electron chi connectivity index (χ0n) is 14.3. The molecule has 3 aromatic rings. The summed E-state index contributed by atoms with van der Waals surface area (Å²) in [6, 6.07) is 8.05. The molecular formula is C19H18FN3O3. The summed E-state index contributed by atoms with van der Waals surface area (Å²) in [5, 5.41) is 4.73. The molecule has 0 N–H and O–H groups in total. The molecule has 1 unspecified atom stereocenters. The van der Waals surface area contributed by atoms with E-state index in [2.05, 4.69) is 10.1 Å². The van der Waals surface area contributed by atoms with E-state index in [1.165, 1.54) is 18.3 Å². The molecular weight excluding hydrogens is 337 g/mol. The number of hydrogen-bond acceptors (Lipinski definition) is 5. The number of carbonyl (C=O) groups excluding carboxylic acids is 1. The highest BCUT2D eigenvalue weighted by Gasteiger charge is 2.27. The Morgan fingerprint density at radius 1 is 1.38 bits per heavy atom. The molecule has 26 heavy (non-hydrogen) atoms. The second-order valence-electron chi connectivity index (χ2n) is 6.23. The van der Waals surface area contributed by atoms with Crippen molar-refractivity contribution in [2.24, 2.45) is 0 Å². The molecule has 0 saturated carbocycles. The van der Waals surface area contributed by atoms with Crippen molar-refractivity contribution in [2.75, 3.05) is 19.7 Å². The normalized spacial score (nSPS) is 17.6. The fourth-order valence-electron chi connectivity index (χ4n) is 3.18. The Bertz CT molecular complexity index is 956. The van der Waals surface area contributed by atoms with Gasteiger partial charge >= 0.3 is 0 Å². The van der Waals surface area contributed by atoms with Crippen LogP contribution in [0.4, 0.5) is 4.39 Å². The summed E-state index contributed by atoms with van der Waals surface area (Å²) in [4.78, 5) is 18.8. The SMILES string of the molecule is CCc1noc2ncc(C(=O)N3CCOC(c4cccc(F)c4)C3)cc12. The van der Waals surface area contributed by atoms with Crippen LogP contribution in [0, 0.1) is 5.82 Å². The van der Waals surface area contributed by atoms with Crippen LogP contribution < -0.4 is 0 Å². The Morgan fingerprint density at radius 3 is 3.08 bits per heavy atom. The smallest absolute Gasteiger partial charge is 0.257 e. The number of benzene rings is 1. The summed E-state index contributed by atoms with van der Waals surface area (Å²) in [6.45, 7) is 3.21. The number of fused-ring (bicyclic) bond motifs is 1. The van der Waals surface area contributed by atoms with Crippen molar-refractivity contribution in [1.82, 2.24) is 15.0 Å². The van der Waals surface area contributed by atoms with Gasteiger partial charge in [-0.2, -0.15) is 0 Å². The van der Waals surface area contributed by atoms with Crippen LogP contribution in [0.1, 0.15) is 34.6 Å². The van der Waals surface area contributed by atoms with Crippen LogP contribution in [-0.2, 0) is 11.2 Å². The molecule has 1 aliphatic rings. The minimum atomic E-state index is -0.345. The summed E-state index contributed by atoms with van der Waals surface area (Å²) in [6.07, 6.45) is 1.86. The fourth-order valence-corrected chi connectivity index (χ4v) is 3.18. The fraction of sp³-hybridized carbons (Fsp3) is 0.316. The standard InChI is InChI=1S/C19H18FN3O3/c1-2-16-15-9-13(10-21-18(15)26-22-16)19(24)23-6-7-25-17(11-23)12-4-3-5-14(20)8-12/h3-5,8-10,17H,2,6-7,11H2,1H3. The molecule has 0 spiro atoms. The van der Waals surface area contributed by atoms with Gasteiger partial charge in [0.25, 0.3) is 11.6 Å². The predicted octanol–water partition coefficient (Wildman–Crippen LogP) is 3.14. The van der Waals surface area contributed by atoms with Gasteiger partial charge in [-0.05, 0) is 30.2 Å². The van der Waals surface area contributed by atoms with Crippen LogP contribution in [0.15, 0.2) is 41.1 Å².